The van der Waals surface area contributed by atoms with E-state index in [0.29, 0.717) is 25.6 Å². The summed E-state index contributed by atoms with van der Waals surface area (Å²) >= 11 is 0. The molecule has 3 fully saturated rings. The Kier molecular flexibility index (Phi) is 4.56. The van der Waals surface area contributed by atoms with E-state index in [1.807, 2.05) is 9.80 Å². The third kappa shape index (κ3) is 3.59. The molecular weight excluding hydrogens is 327 g/mol. The molecule has 1 spiro atoms. The molecule has 0 aromatic carbocycles. The Morgan fingerprint density at radius 2 is 2.04 bits per heavy atom. The van der Waals surface area contributed by atoms with Gasteiger partial charge in [0.1, 0.15) is 12.2 Å². The first kappa shape index (κ1) is 16.7. The number of hydrogen-bond acceptors (Lipinski definition) is 6. The molecule has 0 bridgehead atoms. The van der Waals surface area contributed by atoms with E-state index in [-0.39, 0.29) is 24.2 Å². The van der Waals surface area contributed by atoms with Gasteiger partial charge in [0.2, 0.25) is 11.9 Å². The Labute approximate surface area is 146 Å². The van der Waals surface area contributed by atoms with E-state index in [9.17, 15) is 9.18 Å². The van der Waals surface area contributed by atoms with Crippen LogP contribution in [0.2, 0.25) is 0 Å². The molecule has 0 aliphatic carbocycles. The van der Waals surface area contributed by atoms with Gasteiger partial charge in [0.15, 0.2) is 5.82 Å². The molecule has 0 radical (unpaired) electrons. The van der Waals surface area contributed by atoms with Gasteiger partial charge < -0.3 is 19.3 Å². The van der Waals surface area contributed by atoms with Crippen LogP contribution < -0.4 is 4.90 Å². The molecule has 1 atom stereocenters. The molecule has 0 N–H and O–H groups in total. The molecule has 1 aromatic rings. The Hall–Kier alpha value is -1.80. The number of rotatable bonds is 4. The summed E-state index contributed by atoms with van der Waals surface area (Å²) in [5.74, 6) is 0.167. The quantitative estimate of drug-likeness (QED) is 0.807. The van der Waals surface area contributed by atoms with Crippen LogP contribution in [-0.4, -0.2) is 71.9 Å². The van der Waals surface area contributed by atoms with E-state index in [1.54, 1.807) is 0 Å². The Balaban J connectivity index is 1.27. The van der Waals surface area contributed by atoms with Crippen molar-refractivity contribution in [1.29, 1.82) is 0 Å². The Bertz CT molecular complexity index is 615. The average molecular weight is 350 g/mol. The summed E-state index contributed by atoms with van der Waals surface area (Å²) in [4.78, 5) is 24.0. The molecule has 4 heterocycles. The lowest BCUT2D eigenvalue weighted by molar-refractivity contribution is -0.157. The first-order valence-corrected chi connectivity index (χ1v) is 8.89. The number of amides is 1. The van der Waals surface area contributed by atoms with Gasteiger partial charge in [0.25, 0.3) is 0 Å². The zero-order valence-electron chi connectivity index (χ0n) is 14.2. The molecule has 4 rings (SSSR count). The van der Waals surface area contributed by atoms with Crippen LogP contribution in [0.15, 0.2) is 12.4 Å². The second kappa shape index (κ2) is 6.84. The van der Waals surface area contributed by atoms with Gasteiger partial charge >= 0.3 is 0 Å². The highest BCUT2D eigenvalue weighted by atomic mass is 19.1. The number of carbonyl (C=O) groups is 1. The predicted molar refractivity (Wildman–Crippen MR) is 87.7 cm³/mol. The van der Waals surface area contributed by atoms with Gasteiger partial charge in [-0.1, -0.05) is 0 Å². The Morgan fingerprint density at radius 1 is 1.32 bits per heavy atom. The molecular formula is C17H23FN4O3. The van der Waals surface area contributed by atoms with E-state index in [1.165, 1.54) is 12.4 Å². The molecule has 136 valence electrons. The van der Waals surface area contributed by atoms with Crippen LogP contribution >= 0.6 is 0 Å². The van der Waals surface area contributed by atoms with Crippen LogP contribution in [0.1, 0.15) is 25.7 Å². The lowest BCUT2D eigenvalue weighted by Gasteiger charge is -2.52. The first-order chi connectivity index (χ1) is 12.1. The van der Waals surface area contributed by atoms with Crippen molar-refractivity contribution in [2.75, 3.05) is 44.3 Å². The maximum atomic E-state index is 12.9. The van der Waals surface area contributed by atoms with E-state index in [0.717, 1.165) is 38.8 Å². The van der Waals surface area contributed by atoms with E-state index in [4.69, 9.17) is 9.47 Å². The largest absolute Gasteiger partial charge is 0.371 e. The maximum Gasteiger partial charge on any atom is 0.248 e. The summed E-state index contributed by atoms with van der Waals surface area (Å²) in [6.45, 7) is 3.82. The van der Waals surface area contributed by atoms with Gasteiger partial charge in [-0.15, -0.1) is 0 Å². The highest BCUT2D eigenvalue weighted by Crippen LogP contribution is 2.36. The fraction of sp³-hybridized carbons (Fsp3) is 0.706. The van der Waals surface area contributed by atoms with Crippen molar-refractivity contribution < 1.29 is 18.7 Å². The van der Waals surface area contributed by atoms with Crippen molar-refractivity contribution in [1.82, 2.24) is 14.9 Å². The van der Waals surface area contributed by atoms with Crippen LogP contribution in [-0.2, 0) is 14.3 Å². The summed E-state index contributed by atoms with van der Waals surface area (Å²) in [6.07, 6.45) is 6.13. The van der Waals surface area contributed by atoms with Gasteiger partial charge in [0.05, 0.1) is 31.6 Å². The van der Waals surface area contributed by atoms with Gasteiger partial charge in [-0.05, 0) is 19.3 Å². The number of nitrogens with zero attached hydrogens (tertiary/aromatic N) is 4. The molecule has 3 saturated heterocycles. The minimum atomic E-state index is -0.441. The van der Waals surface area contributed by atoms with Gasteiger partial charge in [-0.3, -0.25) is 4.79 Å². The van der Waals surface area contributed by atoms with Gasteiger partial charge in [-0.2, -0.15) is 0 Å². The molecule has 1 amide bonds. The second-order valence-corrected chi connectivity index (χ2v) is 7.10. The number of anilines is 1. The molecule has 0 saturated carbocycles. The van der Waals surface area contributed by atoms with Crippen LogP contribution in [0.25, 0.3) is 0 Å². The van der Waals surface area contributed by atoms with Crippen molar-refractivity contribution in [3.8, 4) is 0 Å². The number of likely N-dealkylation sites (tertiary alicyclic amines) is 1. The van der Waals surface area contributed by atoms with Crippen molar-refractivity contribution >= 4 is 11.9 Å². The minimum Gasteiger partial charge on any atom is -0.371 e. The molecule has 3 aliphatic heterocycles. The standard InChI is InChI=1S/C17H23FN4O3/c18-13-8-19-16(20-9-13)22-11-17(12-22)7-14(3-6-25-17)24-10-15(23)21-4-1-2-5-21/h8-9,14H,1-7,10-12H2/t14-/m1/s1. The Morgan fingerprint density at radius 3 is 2.76 bits per heavy atom. The zero-order chi connectivity index (χ0) is 17.3. The predicted octanol–water partition coefficient (Wildman–Crippen LogP) is 0.992. The summed E-state index contributed by atoms with van der Waals surface area (Å²) in [5, 5.41) is 0. The van der Waals surface area contributed by atoms with Crippen LogP contribution in [0.3, 0.4) is 0 Å². The van der Waals surface area contributed by atoms with Crippen molar-refractivity contribution in [3.63, 3.8) is 0 Å². The number of halogens is 1. The fourth-order valence-corrected chi connectivity index (χ4v) is 3.85. The summed E-state index contributed by atoms with van der Waals surface area (Å²) in [5.41, 5.74) is -0.267. The molecule has 7 nitrogen and oxygen atoms in total. The summed E-state index contributed by atoms with van der Waals surface area (Å²) in [7, 11) is 0. The lowest BCUT2D eigenvalue weighted by Crippen LogP contribution is -2.66. The number of ether oxygens (including phenoxy) is 2. The average Bonchev–Trinajstić information content (AvgIpc) is 3.13. The van der Waals surface area contributed by atoms with Crippen LogP contribution in [0, 0.1) is 5.82 Å². The van der Waals surface area contributed by atoms with Crippen molar-refractivity contribution in [3.05, 3.63) is 18.2 Å². The number of hydrogen-bond donors (Lipinski definition) is 0. The smallest absolute Gasteiger partial charge is 0.248 e. The van der Waals surface area contributed by atoms with Crippen molar-refractivity contribution in [2.45, 2.75) is 37.4 Å². The number of aromatic nitrogens is 2. The van der Waals surface area contributed by atoms with E-state index >= 15 is 0 Å². The minimum absolute atomic E-state index is 0.0385. The van der Waals surface area contributed by atoms with Gasteiger partial charge in [-0.25, -0.2) is 14.4 Å². The third-order valence-electron chi connectivity index (χ3n) is 5.20. The third-order valence-corrected chi connectivity index (χ3v) is 5.20. The van der Waals surface area contributed by atoms with Gasteiger partial charge in [0, 0.05) is 26.1 Å². The molecule has 3 aliphatic rings. The van der Waals surface area contributed by atoms with Crippen LogP contribution in [0.5, 0.6) is 0 Å². The first-order valence-electron chi connectivity index (χ1n) is 8.89. The molecule has 0 unspecified atom stereocenters. The lowest BCUT2D eigenvalue weighted by atomic mass is 9.85. The maximum absolute atomic E-state index is 12.9. The summed E-state index contributed by atoms with van der Waals surface area (Å²) in [6, 6.07) is 0. The second-order valence-electron chi connectivity index (χ2n) is 7.10. The summed E-state index contributed by atoms with van der Waals surface area (Å²) < 4.78 is 24.8. The zero-order valence-corrected chi connectivity index (χ0v) is 14.2. The van der Waals surface area contributed by atoms with Crippen molar-refractivity contribution in [2.24, 2.45) is 0 Å². The SMILES string of the molecule is O=C(CO[C@@H]1CCOC2(C1)CN(c1ncc(F)cn1)C2)N1CCCC1. The monoisotopic (exact) mass is 350 g/mol. The molecule has 8 heteroatoms. The molecule has 1 aromatic heterocycles. The topological polar surface area (TPSA) is 67.8 Å². The highest BCUT2D eigenvalue weighted by molar-refractivity contribution is 5.77. The van der Waals surface area contributed by atoms with E-state index in [2.05, 4.69) is 9.97 Å². The normalized spacial score (nSPS) is 25.2. The fourth-order valence-electron chi connectivity index (χ4n) is 3.85. The van der Waals surface area contributed by atoms with Crippen LogP contribution in [0.4, 0.5) is 10.3 Å². The molecule has 25 heavy (non-hydrogen) atoms. The van der Waals surface area contributed by atoms with E-state index < -0.39 is 5.82 Å². The number of carbonyl (C=O) groups excluding carboxylic acids is 1. The highest BCUT2D eigenvalue weighted by Gasteiger charge is 2.49.